The highest BCUT2D eigenvalue weighted by atomic mass is 17.5. The Morgan fingerprint density at radius 3 is 1.75 bits per heavy atom. The van der Waals surface area contributed by atoms with Crippen LogP contribution in [-0.2, 0) is 19.6 Å². The van der Waals surface area contributed by atoms with Crippen LogP contribution in [-0.4, -0.2) is 36.0 Å². The van der Waals surface area contributed by atoms with Gasteiger partial charge in [0.2, 0.25) is 0 Å². The van der Waals surface area contributed by atoms with Crippen LogP contribution < -0.4 is 0 Å². The van der Waals surface area contributed by atoms with Gasteiger partial charge in [0.05, 0.1) is 13.2 Å². The third kappa shape index (κ3) is 22.8. The highest BCUT2D eigenvalue weighted by Gasteiger charge is 1.82. The molecule has 0 rings (SSSR count). The van der Waals surface area contributed by atoms with Gasteiger partial charge < -0.3 is 10.2 Å². The van der Waals surface area contributed by atoms with Crippen molar-refractivity contribution in [2.75, 3.05) is 19.8 Å². The summed E-state index contributed by atoms with van der Waals surface area (Å²) in [6.07, 6.45) is 0. The molecule has 6 heteroatoms. The Hall–Kier alpha value is -0.690. The average molecular weight is 182 g/mol. The Morgan fingerprint density at radius 2 is 1.58 bits per heavy atom. The van der Waals surface area contributed by atoms with Gasteiger partial charge in [-0.25, -0.2) is 14.6 Å². The van der Waals surface area contributed by atoms with E-state index in [1.807, 2.05) is 13.8 Å². The van der Waals surface area contributed by atoms with Gasteiger partial charge >= 0.3 is 5.97 Å². The number of rotatable bonds is 5. The molecule has 0 saturated carbocycles. The largest absolute Gasteiger partial charge is 0.480 e. The topological polar surface area (TPSA) is 85.2 Å². The van der Waals surface area contributed by atoms with E-state index in [0.29, 0.717) is 13.2 Å². The van der Waals surface area contributed by atoms with E-state index in [4.69, 9.17) is 15.0 Å². The zero-order valence-electron chi connectivity index (χ0n) is 7.15. The van der Waals surface area contributed by atoms with Gasteiger partial charge in [0.15, 0.2) is 0 Å². The molecule has 6 nitrogen and oxygen atoms in total. The Balaban J connectivity index is 0. The second-order valence-corrected chi connectivity index (χ2v) is 1.43. The molecule has 0 aromatic carbocycles. The van der Waals surface area contributed by atoms with Crippen LogP contribution in [0.5, 0.6) is 0 Å². The van der Waals surface area contributed by atoms with Gasteiger partial charge in [0, 0.05) is 0 Å². The van der Waals surface area contributed by atoms with Crippen molar-refractivity contribution in [2.45, 2.75) is 13.8 Å². The lowest BCUT2D eigenvalue weighted by Gasteiger charge is -1.94. The van der Waals surface area contributed by atoms with Gasteiger partial charge in [0.1, 0.15) is 6.61 Å². The molecule has 0 saturated heterocycles. The molecule has 0 aliphatic rings. The van der Waals surface area contributed by atoms with Crippen molar-refractivity contribution in [3.8, 4) is 0 Å². The third-order valence-electron chi connectivity index (χ3n) is 0.467. The van der Waals surface area contributed by atoms with Gasteiger partial charge in [0.25, 0.3) is 0 Å². The highest BCUT2D eigenvalue weighted by Crippen LogP contribution is 1.77. The van der Waals surface area contributed by atoms with Crippen LogP contribution in [0, 0.1) is 0 Å². The number of carbonyl (C=O) groups is 1. The minimum Gasteiger partial charge on any atom is -0.480 e. The smallest absolute Gasteiger partial charge is 0.329 e. The normalized spacial score (nSPS) is 8.58. The second-order valence-electron chi connectivity index (χ2n) is 1.43. The Kier molecular flexibility index (Phi) is 15.0. The molecule has 0 amide bonds. The summed E-state index contributed by atoms with van der Waals surface area (Å²) in [6, 6.07) is 0. The van der Waals surface area contributed by atoms with E-state index < -0.39 is 12.6 Å². The third-order valence-corrected chi connectivity index (χ3v) is 0.467. The van der Waals surface area contributed by atoms with Gasteiger partial charge in [-0.05, 0) is 13.8 Å². The fraction of sp³-hybridized carbons (Fsp3) is 0.833. The maximum atomic E-state index is 9.12. The van der Waals surface area contributed by atoms with E-state index in [9.17, 15) is 0 Å². The lowest BCUT2D eigenvalue weighted by Crippen LogP contribution is -1.98. The molecule has 0 aliphatic heterocycles. The molecular formula is C6H14O6. The molecule has 0 aromatic rings. The van der Waals surface area contributed by atoms with Gasteiger partial charge in [-0.2, -0.15) is 0 Å². The van der Waals surface area contributed by atoms with Crippen LogP contribution in [0.3, 0.4) is 0 Å². The molecule has 0 heterocycles. The number of carboxylic acid groups (broad SMARTS) is 1. The Labute approximate surface area is 70.5 Å². The monoisotopic (exact) mass is 182 g/mol. The number of hydrogen-bond donors (Lipinski definition) is 2. The summed E-state index contributed by atoms with van der Waals surface area (Å²) >= 11 is 0. The number of hydrogen-bond acceptors (Lipinski definition) is 5. The van der Waals surface area contributed by atoms with Gasteiger partial charge in [-0.1, -0.05) is 5.04 Å². The molecule has 0 unspecified atom stereocenters. The van der Waals surface area contributed by atoms with Crippen molar-refractivity contribution < 1.29 is 29.8 Å². The Morgan fingerprint density at radius 1 is 1.25 bits per heavy atom. The van der Waals surface area contributed by atoms with Crippen LogP contribution in [0.1, 0.15) is 13.8 Å². The molecule has 0 spiro atoms. The summed E-state index contributed by atoms with van der Waals surface area (Å²) in [4.78, 5) is 17.8. The second kappa shape index (κ2) is 12.9. The summed E-state index contributed by atoms with van der Waals surface area (Å²) in [5.41, 5.74) is 0. The molecule has 0 bridgehead atoms. The number of aliphatic hydroxyl groups excluding tert-OH is 1. The molecule has 74 valence electrons. The number of carboxylic acids is 1. The molecular weight excluding hydrogens is 168 g/mol. The first kappa shape index (κ1) is 13.9. The quantitative estimate of drug-likeness (QED) is 0.353. The Bertz CT molecular complexity index is 90.0. The van der Waals surface area contributed by atoms with E-state index in [1.54, 1.807) is 0 Å². The first-order valence-electron chi connectivity index (χ1n) is 3.42. The predicted octanol–water partition coefficient (Wildman–Crippen LogP) is -0.0307. The molecule has 0 aliphatic carbocycles. The van der Waals surface area contributed by atoms with Crippen LogP contribution in [0.4, 0.5) is 0 Å². The standard InChI is InChI=1S/C4H10O3.C2H4O3/c1-3-5-7-6-4-2;3-1-2(4)5/h3-4H2,1-2H3;3H,1H2,(H,4,5). The van der Waals surface area contributed by atoms with Crippen molar-refractivity contribution in [2.24, 2.45) is 0 Å². The first-order chi connectivity index (χ1) is 5.68. The van der Waals surface area contributed by atoms with Gasteiger partial charge in [-0.15, -0.1) is 0 Å². The zero-order valence-corrected chi connectivity index (χ0v) is 7.15. The SMILES string of the molecule is CCOOOCC.O=C(O)CO. The zero-order chi connectivity index (χ0) is 9.82. The van der Waals surface area contributed by atoms with E-state index in [1.165, 1.54) is 0 Å². The number of aliphatic carboxylic acids is 1. The van der Waals surface area contributed by atoms with E-state index in [0.717, 1.165) is 0 Å². The van der Waals surface area contributed by atoms with E-state index >= 15 is 0 Å². The summed E-state index contributed by atoms with van der Waals surface area (Å²) in [6.45, 7) is 3.89. The van der Waals surface area contributed by atoms with Crippen molar-refractivity contribution in [3.05, 3.63) is 0 Å². The van der Waals surface area contributed by atoms with E-state index in [2.05, 4.69) is 14.8 Å². The van der Waals surface area contributed by atoms with Crippen molar-refractivity contribution in [3.63, 3.8) is 0 Å². The van der Waals surface area contributed by atoms with Crippen molar-refractivity contribution in [1.29, 1.82) is 0 Å². The fourth-order valence-corrected chi connectivity index (χ4v) is 0.130. The summed E-state index contributed by atoms with van der Waals surface area (Å²) in [5.74, 6) is -1.19. The molecule has 0 atom stereocenters. The maximum Gasteiger partial charge on any atom is 0.329 e. The summed E-state index contributed by atoms with van der Waals surface area (Å²) < 4.78 is 0. The highest BCUT2D eigenvalue weighted by molar-refractivity contribution is 5.67. The minimum absolute atomic E-state index is 0.514. The molecule has 0 aromatic heterocycles. The molecule has 2 N–H and O–H groups in total. The van der Waals surface area contributed by atoms with Crippen LogP contribution in [0.15, 0.2) is 0 Å². The lowest BCUT2D eigenvalue weighted by molar-refractivity contribution is -0.509. The van der Waals surface area contributed by atoms with Crippen LogP contribution in [0.25, 0.3) is 0 Å². The molecule has 0 fully saturated rings. The maximum absolute atomic E-state index is 9.12. The van der Waals surface area contributed by atoms with Gasteiger partial charge in [-0.3, -0.25) is 0 Å². The van der Waals surface area contributed by atoms with Crippen molar-refractivity contribution in [1.82, 2.24) is 0 Å². The molecule has 0 radical (unpaired) electrons. The lowest BCUT2D eigenvalue weighted by atomic mass is 10.8. The predicted molar refractivity (Wildman–Crippen MR) is 39.1 cm³/mol. The first-order valence-corrected chi connectivity index (χ1v) is 3.42. The van der Waals surface area contributed by atoms with Crippen LogP contribution in [0.2, 0.25) is 0 Å². The average Bonchev–Trinajstić information content (AvgIpc) is 2.07. The summed E-state index contributed by atoms with van der Waals surface area (Å²) in [7, 11) is 0. The number of aliphatic hydroxyl groups is 1. The van der Waals surface area contributed by atoms with E-state index in [-0.39, 0.29) is 0 Å². The fourth-order valence-electron chi connectivity index (χ4n) is 0.130. The van der Waals surface area contributed by atoms with Crippen molar-refractivity contribution >= 4 is 5.97 Å². The minimum atomic E-state index is -1.19. The van der Waals surface area contributed by atoms with Crippen LogP contribution >= 0.6 is 0 Å². The summed E-state index contributed by atoms with van der Waals surface area (Å²) in [5, 5.41) is 19.1. The molecule has 12 heavy (non-hydrogen) atoms.